The summed E-state index contributed by atoms with van der Waals surface area (Å²) in [6.45, 7) is 5.50. The molecule has 2 aromatic rings. The molecular weight excluding hydrogens is 369 g/mol. The maximum Gasteiger partial charge on any atom is 0.416 e. The summed E-state index contributed by atoms with van der Waals surface area (Å²) in [4.78, 5) is 16.2. The van der Waals surface area contributed by atoms with Crippen molar-refractivity contribution in [3.05, 3.63) is 59.7 Å². The molecule has 0 radical (unpaired) electrons. The molecule has 1 atom stereocenters. The van der Waals surface area contributed by atoms with Crippen molar-refractivity contribution in [2.45, 2.75) is 26.1 Å². The Hall–Kier alpha value is -2.70. The van der Waals surface area contributed by atoms with Crippen molar-refractivity contribution in [2.75, 3.05) is 31.1 Å². The molecule has 3 rings (SSSR count). The van der Waals surface area contributed by atoms with E-state index in [4.69, 9.17) is 4.74 Å². The van der Waals surface area contributed by atoms with E-state index in [1.165, 1.54) is 6.07 Å². The molecule has 0 spiro atoms. The topological polar surface area (TPSA) is 32.8 Å². The van der Waals surface area contributed by atoms with E-state index in [9.17, 15) is 18.0 Å². The molecule has 2 aromatic carbocycles. The van der Waals surface area contributed by atoms with E-state index in [1.807, 2.05) is 36.1 Å². The number of hydrogen-bond acceptors (Lipinski definition) is 3. The summed E-state index contributed by atoms with van der Waals surface area (Å²) < 4.78 is 44.5. The van der Waals surface area contributed by atoms with E-state index in [0.717, 1.165) is 17.7 Å². The number of aryl methyl sites for hydroxylation is 1. The summed E-state index contributed by atoms with van der Waals surface area (Å²) in [7, 11) is 0. The molecule has 1 saturated heterocycles. The Morgan fingerprint density at radius 1 is 1.04 bits per heavy atom. The summed E-state index contributed by atoms with van der Waals surface area (Å²) in [6, 6.07) is 12.8. The van der Waals surface area contributed by atoms with Gasteiger partial charge in [0.1, 0.15) is 5.75 Å². The lowest BCUT2D eigenvalue weighted by Gasteiger charge is -2.37. The van der Waals surface area contributed by atoms with Crippen LogP contribution in [-0.4, -0.2) is 43.1 Å². The molecule has 0 unspecified atom stereocenters. The van der Waals surface area contributed by atoms with Crippen LogP contribution in [-0.2, 0) is 11.0 Å². The van der Waals surface area contributed by atoms with Gasteiger partial charge in [0.25, 0.3) is 5.91 Å². The van der Waals surface area contributed by atoms with Crippen molar-refractivity contribution in [2.24, 2.45) is 0 Å². The van der Waals surface area contributed by atoms with Crippen LogP contribution in [0, 0.1) is 6.92 Å². The van der Waals surface area contributed by atoms with Gasteiger partial charge in [-0.1, -0.05) is 18.2 Å². The second-order valence-electron chi connectivity index (χ2n) is 6.94. The Kier molecular flexibility index (Phi) is 5.82. The largest absolute Gasteiger partial charge is 0.481 e. The molecule has 0 aromatic heterocycles. The molecule has 1 amide bonds. The van der Waals surface area contributed by atoms with Crippen LogP contribution < -0.4 is 9.64 Å². The van der Waals surface area contributed by atoms with Crippen LogP contribution in [0.4, 0.5) is 18.9 Å². The molecule has 1 fully saturated rings. The van der Waals surface area contributed by atoms with Crippen LogP contribution in [0.1, 0.15) is 18.1 Å². The quantitative estimate of drug-likeness (QED) is 0.784. The summed E-state index contributed by atoms with van der Waals surface area (Å²) in [5.74, 6) is 0.522. The molecule has 0 saturated carbocycles. The van der Waals surface area contributed by atoms with Gasteiger partial charge in [-0.2, -0.15) is 13.2 Å². The van der Waals surface area contributed by atoms with E-state index in [2.05, 4.69) is 0 Å². The first-order valence-electron chi connectivity index (χ1n) is 9.18. The van der Waals surface area contributed by atoms with Crippen molar-refractivity contribution in [3.63, 3.8) is 0 Å². The zero-order valence-corrected chi connectivity index (χ0v) is 15.9. The molecule has 1 aliphatic heterocycles. The molecule has 4 nitrogen and oxygen atoms in total. The van der Waals surface area contributed by atoms with Crippen LogP contribution in [0.15, 0.2) is 48.5 Å². The monoisotopic (exact) mass is 392 g/mol. The summed E-state index contributed by atoms with van der Waals surface area (Å²) >= 11 is 0. The average Bonchev–Trinajstić information content (AvgIpc) is 2.67. The van der Waals surface area contributed by atoms with Gasteiger partial charge in [-0.3, -0.25) is 4.79 Å². The van der Waals surface area contributed by atoms with E-state index >= 15 is 0 Å². The molecule has 7 heteroatoms. The summed E-state index contributed by atoms with van der Waals surface area (Å²) in [5.41, 5.74) is 0.904. The number of carbonyl (C=O) groups excluding carboxylic acids is 1. The number of carbonyl (C=O) groups is 1. The average molecular weight is 392 g/mol. The third-order valence-corrected chi connectivity index (χ3v) is 4.78. The summed E-state index contributed by atoms with van der Waals surface area (Å²) in [5, 5.41) is 0. The lowest BCUT2D eigenvalue weighted by molar-refractivity contribution is -0.138. The highest BCUT2D eigenvalue weighted by Gasteiger charge is 2.31. The van der Waals surface area contributed by atoms with Crippen LogP contribution in [0.3, 0.4) is 0 Å². The van der Waals surface area contributed by atoms with Crippen LogP contribution in [0.5, 0.6) is 5.75 Å². The van der Waals surface area contributed by atoms with E-state index in [0.29, 0.717) is 37.6 Å². The first-order valence-corrected chi connectivity index (χ1v) is 9.18. The SMILES string of the molecule is Cc1cccc(O[C@@H](C)C(=O)N2CCN(c3cccc(C(F)(F)F)c3)CC2)c1. The third kappa shape index (κ3) is 4.77. The zero-order chi connectivity index (χ0) is 20.3. The van der Waals surface area contributed by atoms with Crippen molar-refractivity contribution in [3.8, 4) is 5.75 Å². The molecule has 150 valence electrons. The molecule has 0 aliphatic carbocycles. The van der Waals surface area contributed by atoms with Gasteiger partial charge in [-0.05, 0) is 49.7 Å². The molecular formula is C21H23F3N2O2. The normalized spacial score (nSPS) is 16.0. The number of piperazine rings is 1. The second-order valence-corrected chi connectivity index (χ2v) is 6.94. The van der Waals surface area contributed by atoms with Crippen molar-refractivity contribution < 1.29 is 22.7 Å². The number of halogens is 3. The van der Waals surface area contributed by atoms with Crippen molar-refractivity contribution in [1.82, 2.24) is 4.90 Å². The number of nitrogens with zero attached hydrogens (tertiary/aromatic N) is 2. The van der Waals surface area contributed by atoms with Crippen molar-refractivity contribution >= 4 is 11.6 Å². The first kappa shape index (κ1) is 20.0. The fourth-order valence-electron chi connectivity index (χ4n) is 3.26. The maximum atomic E-state index is 12.9. The van der Waals surface area contributed by atoms with Gasteiger partial charge >= 0.3 is 6.18 Å². The van der Waals surface area contributed by atoms with Crippen molar-refractivity contribution in [1.29, 1.82) is 0 Å². The van der Waals surface area contributed by atoms with Gasteiger partial charge < -0.3 is 14.5 Å². The minimum Gasteiger partial charge on any atom is -0.481 e. The van der Waals surface area contributed by atoms with Gasteiger partial charge in [0.15, 0.2) is 6.10 Å². The van der Waals surface area contributed by atoms with E-state index in [1.54, 1.807) is 17.9 Å². The minimum atomic E-state index is -4.36. The van der Waals surface area contributed by atoms with E-state index in [-0.39, 0.29) is 5.91 Å². The lowest BCUT2D eigenvalue weighted by atomic mass is 10.1. The Labute approximate surface area is 162 Å². The predicted octanol–water partition coefficient (Wildman–Crippen LogP) is 4.13. The number of amides is 1. The molecule has 1 heterocycles. The number of hydrogen-bond donors (Lipinski definition) is 0. The highest BCUT2D eigenvalue weighted by atomic mass is 19.4. The first-order chi connectivity index (χ1) is 13.2. The van der Waals surface area contributed by atoms with Gasteiger partial charge in [-0.15, -0.1) is 0 Å². The number of rotatable bonds is 4. The smallest absolute Gasteiger partial charge is 0.416 e. The molecule has 1 aliphatic rings. The number of alkyl halides is 3. The van der Waals surface area contributed by atoms with Crippen LogP contribution >= 0.6 is 0 Å². The standard InChI is InChI=1S/C21H23F3N2O2/c1-15-5-3-8-19(13-15)28-16(2)20(27)26-11-9-25(10-12-26)18-7-4-6-17(14-18)21(22,23)24/h3-8,13-14,16H,9-12H2,1-2H3/t16-/m0/s1. The highest BCUT2D eigenvalue weighted by molar-refractivity contribution is 5.81. The number of benzene rings is 2. The third-order valence-electron chi connectivity index (χ3n) is 4.78. The summed E-state index contributed by atoms with van der Waals surface area (Å²) in [6.07, 6.45) is -4.99. The predicted molar refractivity (Wildman–Crippen MR) is 102 cm³/mol. The zero-order valence-electron chi connectivity index (χ0n) is 15.9. The van der Waals surface area contributed by atoms with Gasteiger partial charge in [0.2, 0.25) is 0 Å². The Morgan fingerprint density at radius 3 is 2.36 bits per heavy atom. The maximum absolute atomic E-state index is 12.9. The fraction of sp³-hybridized carbons (Fsp3) is 0.381. The molecule has 0 N–H and O–H groups in total. The van der Waals surface area contributed by atoms with Gasteiger partial charge in [0, 0.05) is 31.9 Å². The fourth-order valence-corrected chi connectivity index (χ4v) is 3.26. The highest BCUT2D eigenvalue weighted by Crippen LogP contribution is 2.32. The molecule has 0 bridgehead atoms. The number of anilines is 1. The number of ether oxygens (including phenoxy) is 1. The Morgan fingerprint density at radius 2 is 1.71 bits per heavy atom. The van der Waals surface area contributed by atoms with Crippen LogP contribution in [0.25, 0.3) is 0 Å². The minimum absolute atomic E-state index is 0.120. The Bertz CT molecular complexity index is 830. The van der Waals surface area contributed by atoms with Gasteiger partial charge in [-0.25, -0.2) is 0 Å². The second kappa shape index (κ2) is 8.12. The van der Waals surface area contributed by atoms with Gasteiger partial charge in [0.05, 0.1) is 5.56 Å². The lowest BCUT2D eigenvalue weighted by Crippen LogP contribution is -2.52. The van der Waals surface area contributed by atoms with E-state index < -0.39 is 17.8 Å². The molecule has 28 heavy (non-hydrogen) atoms. The van der Waals surface area contributed by atoms with Crippen LogP contribution in [0.2, 0.25) is 0 Å². The Balaban J connectivity index is 1.58.